The molecule has 0 spiro atoms. The first kappa shape index (κ1) is 34.1. The van der Waals surface area contributed by atoms with Crippen LogP contribution in [-0.2, 0) is 19.7 Å². The number of unbranched alkanes of at least 4 members (excludes halogenated alkanes) is 2. The molecule has 0 aliphatic carbocycles. The number of hydrogen-bond donors (Lipinski definition) is 3. The van der Waals surface area contributed by atoms with E-state index in [0.717, 1.165) is 62.3 Å². The maximum atomic E-state index is 12.4. The Morgan fingerprint density at radius 1 is 1.03 bits per heavy atom. The molecule has 1 amide bonds. The first-order valence-corrected chi connectivity index (χ1v) is 16.2. The molecular weight excluding hydrogens is 513 g/mol. The molecule has 0 aromatic carbocycles. The minimum Gasteiger partial charge on any atom is -0.748 e. The lowest BCUT2D eigenvalue weighted by atomic mass is 10.0. The van der Waals surface area contributed by atoms with Gasteiger partial charge < -0.3 is 14.4 Å². The number of amides is 1. The summed E-state index contributed by atoms with van der Waals surface area (Å²) >= 11 is 10.4. The zero-order valence-corrected chi connectivity index (χ0v) is 24.6. The second-order valence-corrected chi connectivity index (χ2v) is 13.5. The summed E-state index contributed by atoms with van der Waals surface area (Å²) in [5.41, 5.74) is 0. The third-order valence-electron chi connectivity index (χ3n) is 5.73. The fourth-order valence-corrected chi connectivity index (χ4v) is 5.79. The number of carbonyl (C=O) groups is 2. The number of quaternary nitrogens is 1. The van der Waals surface area contributed by atoms with Crippen molar-refractivity contribution in [3.8, 4) is 0 Å². The average Bonchev–Trinajstić information content (AvgIpc) is 2.72. The predicted octanol–water partition coefficient (Wildman–Crippen LogP) is 3.40. The van der Waals surface area contributed by atoms with Crippen LogP contribution in [0, 0.1) is 5.92 Å². The van der Waals surface area contributed by atoms with Crippen LogP contribution in [0.15, 0.2) is 0 Å². The van der Waals surface area contributed by atoms with Gasteiger partial charge in [0.1, 0.15) is 5.78 Å². The molecule has 7 nitrogen and oxygen atoms in total. The fraction of sp³-hybridized carbons (Fsp3) is 0.913. The molecule has 0 saturated carbocycles. The van der Waals surface area contributed by atoms with E-state index < -0.39 is 10.1 Å². The Morgan fingerprint density at radius 2 is 1.68 bits per heavy atom. The molecule has 202 valence electrons. The van der Waals surface area contributed by atoms with Crippen molar-refractivity contribution in [2.75, 3.05) is 56.7 Å². The lowest BCUT2D eigenvalue weighted by Crippen LogP contribution is -2.41. The van der Waals surface area contributed by atoms with E-state index >= 15 is 0 Å². The predicted molar refractivity (Wildman–Crippen MR) is 149 cm³/mol. The number of hydrogen-bond acceptors (Lipinski definition) is 8. The highest BCUT2D eigenvalue weighted by Gasteiger charge is 2.17. The number of thioether (sulfide) groups is 1. The highest BCUT2D eigenvalue weighted by molar-refractivity contribution is 7.99. The highest BCUT2D eigenvalue weighted by Crippen LogP contribution is 2.14. The van der Waals surface area contributed by atoms with Crippen molar-refractivity contribution < 1.29 is 27.0 Å². The molecule has 0 radical (unpaired) electrons. The Morgan fingerprint density at radius 3 is 2.32 bits per heavy atom. The number of Topliss-reactive ketones (excluding diaryl/α,β-unsaturated/α-hetero) is 1. The molecule has 0 aromatic rings. The van der Waals surface area contributed by atoms with Crippen LogP contribution in [-0.4, -0.2) is 91.1 Å². The van der Waals surface area contributed by atoms with Gasteiger partial charge in [0.2, 0.25) is 5.91 Å². The van der Waals surface area contributed by atoms with Gasteiger partial charge >= 0.3 is 0 Å². The lowest BCUT2D eigenvalue weighted by Gasteiger charge is -2.30. The SMILES string of the molecule is CC(CSCCNC(=O)CCCCC(S)CCS)C(=O)CCCC[N+](C)(C)CCCS(=O)(=O)[O-]. The Labute approximate surface area is 223 Å². The molecule has 0 aromatic heterocycles. The summed E-state index contributed by atoms with van der Waals surface area (Å²) in [5.74, 6) is 2.43. The highest BCUT2D eigenvalue weighted by atomic mass is 32.2. The van der Waals surface area contributed by atoms with Crippen molar-refractivity contribution in [1.29, 1.82) is 0 Å². The van der Waals surface area contributed by atoms with E-state index in [1.807, 2.05) is 21.0 Å². The summed E-state index contributed by atoms with van der Waals surface area (Å²) in [4.78, 5) is 24.2. The third-order valence-corrected chi connectivity index (χ3v) is 8.53. The van der Waals surface area contributed by atoms with Crippen LogP contribution in [0.5, 0.6) is 0 Å². The van der Waals surface area contributed by atoms with Gasteiger partial charge in [-0.1, -0.05) is 13.3 Å². The molecule has 11 heteroatoms. The second-order valence-electron chi connectivity index (χ2n) is 9.66. The van der Waals surface area contributed by atoms with Crippen LogP contribution in [0.2, 0.25) is 0 Å². The Hall–Kier alpha value is 0.0600. The van der Waals surface area contributed by atoms with Crippen molar-refractivity contribution in [1.82, 2.24) is 5.32 Å². The second kappa shape index (κ2) is 19.2. The Bertz CT molecular complexity index is 674. The van der Waals surface area contributed by atoms with Gasteiger partial charge in [-0.15, -0.1) is 0 Å². The average molecular weight is 559 g/mol. The standard InChI is InChI=1S/C23H46N2O5S4/c1-20(19-33-17-13-24-23(27)11-5-4-9-21(32)12-16-31)22(26)10-6-7-14-25(2,3)15-8-18-34(28,29)30/h20-21H,4-19H2,1-3H3,(H3-,24,27,28,29,30,31,32). The smallest absolute Gasteiger partial charge is 0.220 e. The summed E-state index contributed by atoms with van der Waals surface area (Å²) in [6, 6.07) is 0. The summed E-state index contributed by atoms with van der Waals surface area (Å²) in [6.45, 7) is 4.06. The van der Waals surface area contributed by atoms with E-state index in [0.29, 0.717) is 42.1 Å². The first-order valence-electron chi connectivity index (χ1n) is 12.3. The Balaban J connectivity index is 3.77. The van der Waals surface area contributed by atoms with E-state index in [-0.39, 0.29) is 23.4 Å². The summed E-state index contributed by atoms with van der Waals surface area (Å²) in [5, 5.41) is 3.32. The van der Waals surface area contributed by atoms with Crippen molar-refractivity contribution in [3.63, 3.8) is 0 Å². The van der Waals surface area contributed by atoms with E-state index in [2.05, 4.69) is 30.6 Å². The largest absolute Gasteiger partial charge is 0.748 e. The summed E-state index contributed by atoms with van der Waals surface area (Å²) in [7, 11) is -0.122. The quantitative estimate of drug-likeness (QED) is 0.0815. The van der Waals surface area contributed by atoms with E-state index in [1.54, 1.807) is 11.8 Å². The summed E-state index contributed by atoms with van der Waals surface area (Å²) < 4.78 is 32.8. The van der Waals surface area contributed by atoms with Crippen LogP contribution < -0.4 is 5.32 Å². The van der Waals surface area contributed by atoms with Gasteiger partial charge in [0.15, 0.2) is 0 Å². The molecule has 0 fully saturated rings. The number of nitrogens with zero attached hydrogens (tertiary/aromatic N) is 1. The van der Waals surface area contributed by atoms with Crippen LogP contribution >= 0.6 is 37.0 Å². The molecule has 0 aliphatic rings. The number of carbonyl (C=O) groups excluding carboxylic acids is 2. The van der Waals surface area contributed by atoms with Gasteiger partial charge in [-0.05, 0) is 37.9 Å². The number of nitrogens with one attached hydrogen (secondary N) is 1. The van der Waals surface area contributed by atoms with E-state index in [1.165, 1.54) is 0 Å². The van der Waals surface area contributed by atoms with E-state index in [4.69, 9.17) is 0 Å². The van der Waals surface area contributed by atoms with Gasteiger partial charge in [0, 0.05) is 54.2 Å². The Kier molecular flexibility index (Phi) is 19.2. The van der Waals surface area contributed by atoms with Crippen LogP contribution in [0.25, 0.3) is 0 Å². The van der Waals surface area contributed by atoms with Crippen molar-refractivity contribution in [3.05, 3.63) is 0 Å². The minimum absolute atomic E-state index is 0.00287. The maximum absolute atomic E-state index is 12.4. The minimum atomic E-state index is -4.15. The van der Waals surface area contributed by atoms with Gasteiger partial charge in [-0.3, -0.25) is 9.59 Å². The number of rotatable bonds is 22. The molecule has 0 saturated heterocycles. The number of ketones is 1. The number of thiol groups is 2. The fourth-order valence-electron chi connectivity index (χ4n) is 3.53. The lowest BCUT2D eigenvalue weighted by molar-refractivity contribution is -0.890. The summed E-state index contributed by atoms with van der Waals surface area (Å²) in [6.07, 6.45) is 7.06. The van der Waals surface area contributed by atoms with Gasteiger partial charge in [0.05, 0.1) is 37.3 Å². The maximum Gasteiger partial charge on any atom is 0.220 e. The molecule has 34 heavy (non-hydrogen) atoms. The van der Waals surface area contributed by atoms with E-state index in [9.17, 15) is 22.6 Å². The molecular formula is C23H46N2O5S4. The molecule has 1 N–H and O–H groups in total. The van der Waals surface area contributed by atoms with Crippen molar-refractivity contribution in [2.45, 2.75) is 70.0 Å². The van der Waals surface area contributed by atoms with Gasteiger partial charge in [-0.25, -0.2) is 8.42 Å². The monoisotopic (exact) mass is 558 g/mol. The van der Waals surface area contributed by atoms with Crippen LogP contribution in [0.1, 0.15) is 64.7 Å². The molecule has 0 rings (SSSR count). The van der Waals surface area contributed by atoms with Crippen LogP contribution in [0.3, 0.4) is 0 Å². The zero-order valence-electron chi connectivity index (χ0n) is 21.2. The van der Waals surface area contributed by atoms with Crippen LogP contribution in [0.4, 0.5) is 0 Å². The molecule has 0 aliphatic heterocycles. The molecule has 0 heterocycles. The molecule has 2 atom stereocenters. The molecule has 0 bridgehead atoms. The third kappa shape index (κ3) is 21.4. The topological polar surface area (TPSA) is 103 Å². The van der Waals surface area contributed by atoms with Crippen molar-refractivity contribution in [2.24, 2.45) is 5.92 Å². The zero-order chi connectivity index (χ0) is 26.0. The first-order chi connectivity index (χ1) is 15.9. The van der Waals surface area contributed by atoms with Crippen molar-refractivity contribution >= 4 is 58.8 Å². The van der Waals surface area contributed by atoms with Gasteiger partial charge in [-0.2, -0.15) is 37.0 Å². The normalized spacial score (nSPS) is 14.1. The molecule has 2 unspecified atom stereocenters. The van der Waals surface area contributed by atoms with Gasteiger partial charge in [0.25, 0.3) is 0 Å².